The zero-order chi connectivity index (χ0) is 20.3. The summed E-state index contributed by atoms with van der Waals surface area (Å²) in [4.78, 5) is 36.8. The number of hydrogen-bond donors (Lipinski definition) is 1. The molecule has 1 aromatic heterocycles. The largest absolute Gasteiger partial charge is 0.469 e. The summed E-state index contributed by atoms with van der Waals surface area (Å²) in [6.45, 7) is 1.86. The lowest BCUT2D eigenvalue weighted by Crippen LogP contribution is -2.31. The number of carbonyl (C=O) groups is 2. The first kappa shape index (κ1) is 19.6. The number of fused-ring (bicyclic) bond motifs is 1. The number of benzene rings is 2. The fraction of sp³-hybridized carbons (Fsp3) is 0.190. The minimum Gasteiger partial charge on any atom is -0.469 e. The third-order valence-corrected chi connectivity index (χ3v) is 4.53. The monoisotopic (exact) mass is 399 g/mol. The number of carbonyl (C=O) groups excluding carboxylic acids is 2. The maximum Gasteiger partial charge on any atom is 0.307 e. The van der Waals surface area contributed by atoms with Crippen molar-refractivity contribution in [3.05, 3.63) is 80.7 Å². The van der Waals surface area contributed by atoms with Crippen LogP contribution in [0.25, 0.3) is 11.0 Å². The summed E-state index contributed by atoms with van der Waals surface area (Å²) < 4.78 is 10.3. The van der Waals surface area contributed by atoms with Crippen molar-refractivity contribution in [1.29, 1.82) is 0 Å². The normalized spacial score (nSPS) is 11.8. The molecule has 0 saturated carbocycles. The lowest BCUT2D eigenvalue weighted by Gasteiger charge is -2.18. The van der Waals surface area contributed by atoms with Crippen molar-refractivity contribution in [1.82, 2.24) is 5.32 Å². The molecule has 0 unspecified atom stereocenters. The molecule has 1 heterocycles. The summed E-state index contributed by atoms with van der Waals surface area (Å²) in [5.41, 5.74) is 1.59. The van der Waals surface area contributed by atoms with Gasteiger partial charge in [0.2, 0.25) is 0 Å². The molecule has 6 nitrogen and oxygen atoms in total. The number of esters is 1. The van der Waals surface area contributed by atoms with E-state index < -0.39 is 17.9 Å². The molecule has 1 atom stereocenters. The molecule has 28 heavy (non-hydrogen) atoms. The molecule has 0 aliphatic carbocycles. The predicted octanol–water partition coefficient (Wildman–Crippen LogP) is 3.79. The van der Waals surface area contributed by atoms with Crippen molar-refractivity contribution in [2.45, 2.75) is 19.4 Å². The Bertz CT molecular complexity index is 1090. The lowest BCUT2D eigenvalue weighted by atomic mass is 10.0. The van der Waals surface area contributed by atoms with Crippen LogP contribution in [0.15, 0.2) is 57.7 Å². The number of halogens is 1. The zero-order valence-electron chi connectivity index (χ0n) is 15.3. The molecule has 3 rings (SSSR count). The number of aryl methyl sites for hydroxylation is 1. The van der Waals surface area contributed by atoms with Gasteiger partial charge in [0.1, 0.15) is 5.58 Å². The third-order valence-electron chi connectivity index (χ3n) is 4.28. The molecule has 0 saturated heterocycles. The van der Waals surface area contributed by atoms with Crippen LogP contribution in [0, 0.1) is 6.92 Å². The predicted molar refractivity (Wildman–Crippen MR) is 106 cm³/mol. The highest BCUT2D eigenvalue weighted by Crippen LogP contribution is 2.21. The van der Waals surface area contributed by atoms with Gasteiger partial charge in [0.25, 0.3) is 5.91 Å². The van der Waals surface area contributed by atoms with Gasteiger partial charge >= 0.3 is 5.97 Å². The number of methoxy groups -OCH3 is 1. The van der Waals surface area contributed by atoms with Crippen molar-refractivity contribution < 1.29 is 18.7 Å². The van der Waals surface area contributed by atoms with E-state index in [-0.39, 0.29) is 17.6 Å². The van der Waals surface area contributed by atoms with Gasteiger partial charge in [-0.05, 0) is 36.8 Å². The Labute approximate surface area is 166 Å². The molecule has 0 aliphatic heterocycles. The Hall–Kier alpha value is -3.12. The Balaban J connectivity index is 1.92. The fourth-order valence-electron chi connectivity index (χ4n) is 2.81. The van der Waals surface area contributed by atoms with Gasteiger partial charge in [0.15, 0.2) is 11.2 Å². The Morgan fingerprint density at radius 2 is 1.86 bits per heavy atom. The highest BCUT2D eigenvalue weighted by molar-refractivity contribution is 6.30. The maximum atomic E-state index is 12.7. The lowest BCUT2D eigenvalue weighted by molar-refractivity contribution is -0.141. The standard InChI is InChI=1S/C21H18ClNO5/c1-12-3-8-18-15(9-12)17(24)11-19(28-18)21(26)23-16(10-20(25)27-2)13-4-6-14(22)7-5-13/h3-9,11,16H,10H2,1-2H3,(H,23,26)/t16-/m0/s1. The number of rotatable bonds is 5. The van der Waals surface area contributed by atoms with Gasteiger partial charge < -0.3 is 14.5 Å². The Kier molecular flexibility index (Phi) is 5.80. The fourth-order valence-corrected chi connectivity index (χ4v) is 2.93. The van der Waals surface area contributed by atoms with Gasteiger partial charge in [-0.15, -0.1) is 0 Å². The van der Waals surface area contributed by atoms with E-state index in [9.17, 15) is 14.4 Å². The van der Waals surface area contributed by atoms with Crippen molar-refractivity contribution >= 4 is 34.4 Å². The number of amides is 1. The molecule has 1 N–H and O–H groups in total. The molecule has 0 radical (unpaired) electrons. The first-order chi connectivity index (χ1) is 13.4. The second-order valence-corrected chi connectivity index (χ2v) is 6.77. The van der Waals surface area contributed by atoms with Crippen LogP contribution in [0.1, 0.15) is 34.1 Å². The molecule has 3 aromatic rings. The summed E-state index contributed by atoms with van der Waals surface area (Å²) in [5.74, 6) is -1.23. The van der Waals surface area contributed by atoms with E-state index in [4.69, 9.17) is 20.8 Å². The van der Waals surface area contributed by atoms with Gasteiger partial charge in [-0.3, -0.25) is 14.4 Å². The molecular formula is C21H18ClNO5. The van der Waals surface area contributed by atoms with Gasteiger partial charge in [0.05, 0.1) is 25.0 Å². The smallest absolute Gasteiger partial charge is 0.307 e. The summed E-state index contributed by atoms with van der Waals surface area (Å²) >= 11 is 5.91. The highest BCUT2D eigenvalue weighted by Gasteiger charge is 2.21. The second kappa shape index (κ2) is 8.27. The van der Waals surface area contributed by atoms with Crippen LogP contribution < -0.4 is 10.7 Å². The minimum absolute atomic E-state index is 0.0825. The summed E-state index contributed by atoms with van der Waals surface area (Å²) in [5, 5.41) is 3.66. The van der Waals surface area contributed by atoms with Gasteiger partial charge in [-0.1, -0.05) is 35.4 Å². The molecule has 1 amide bonds. The molecule has 7 heteroatoms. The summed E-state index contributed by atoms with van der Waals surface area (Å²) in [6, 6.07) is 12.3. The molecule has 0 aliphatic rings. The number of nitrogens with one attached hydrogen (secondary N) is 1. The third kappa shape index (κ3) is 4.40. The quantitative estimate of drug-likeness (QED) is 0.660. The Morgan fingerprint density at radius 3 is 2.54 bits per heavy atom. The van der Waals surface area contributed by atoms with E-state index in [1.165, 1.54) is 7.11 Å². The molecule has 144 valence electrons. The maximum absolute atomic E-state index is 12.7. The van der Waals surface area contributed by atoms with Crippen LogP contribution in [0.3, 0.4) is 0 Å². The van der Waals surface area contributed by atoms with Crippen molar-refractivity contribution in [2.24, 2.45) is 0 Å². The van der Waals surface area contributed by atoms with Gasteiger partial charge in [0, 0.05) is 11.1 Å². The van der Waals surface area contributed by atoms with E-state index in [1.807, 2.05) is 6.92 Å². The first-order valence-corrected chi connectivity index (χ1v) is 8.93. The van der Waals surface area contributed by atoms with E-state index in [1.54, 1.807) is 42.5 Å². The van der Waals surface area contributed by atoms with Crippen LogP contribution in [-0.2, 0) is 9.53 Å². The van der Waals surface area contributed by atoms with Crippen LogP contribution >= 0.6 is 11.6 Å². The van der Waals surface area contributed by atoms with Crippen LogP contribution in [0.5, 0.6) is 0 Å². The molecule has 2 aromatic carbocycles. The molecule has 0 bridgehead atoms. The van der Waals surface area contributed by atoms with E-state index in [0.29, 0.717) is 21.6 Å². The minimum atomic E-state index is -0.670. The first-order valence-electron chi connectivity index (χ1n) is 8.55. The van der Waals surface area contributed by atoms with E-state index in [0.717, 1.165) is 11.6 Å². The van der Waals surface area contributed by atoms with Crippen LogP contribution in [0.2, 0.25) is 5.02 Å². The van der Waals surface area contributed by atoms with E-state index >= 15 is 0 Å². The summed E-state index contributed by atoms with van der Waals surface area (Å²) in [7, 11) is 1.27. The topological polar surface area (TPSA) is 85.6 Å². The van der Waals surface area contributed by atoms with Crippen LogP contribution in [-0.4, -0.2) is 19.0 Å². The summed E-state index contributed by atoms with van der Waals surface area (Å²) in [6.07, 6.45) is -0.0825. The average Bonchev–Trinajstić information content (AvgIpc) is 2.68. The average molecular weight is 400 g/mol. The highest BCUT2D eigenvalue weighted by atomic mass is 35.5. The SMILES string of the molecule is COC(=O)C[C@H](NC(=O)c1cc(=O)c2cc(C)ccc2o1)c1ccc(Cl)cc1. The van der Waals surface area contributed by atoms with E-state index in [2.05, 4.69) is 5.32 Å². The van der Waals surface area contributed by atoms with Crippen LogP contribution in [0.4, 0.5) is 0 Å². The molecular weight excluding hydrogens is 382 g/mol. The number of hydrogen-bond acceptors (Lipinski definition) is 5. The van der Waals surface area contributed by atoms with Crippen molar-refractivity contribution in [2.75, 3.05) is 7.11 Å². The molecule has 0 fully saturated rings. The van der Waals surface area contributed by atoms with Gasteiger partial charge in [-0.2, -0.15) is 0 Å². The van der Waals surface area contributed by atoms with Crippen molar-refractivity contribution in [3.8, 4) is 0 Å². The molecule has 0 spiro atoms. The van der Waals surface area contributed by atoms with Crippen molar-refractivity contribution in [3.63, 3.8) is 0 Å². The Morgan fingerprint density at radius 1 is 1.14 bits per heavy atom. The number of ether oxygens (including phenoxy) is 1. The zero-order valence-corrected chi connectivity index (χ0v) is 16.1. The second-order valence-electron chi connectivity index (χ2n) is 6.33. The van der Waals surface area contributed by atoms with Gasteiger partial charge in [-0.25, -0.2) is 0 Å².